The van der Waals surface area contributed by atoms with Crippen molar-refractivity contribution in [3.63, 3.8) is 0 Å². The minimum atomic E-state index is -0.685. The first-order valence-corrected chi connectivity index (χ1v) is 9.28. The van der Waals surface area contributed by atoms with E-state index in [2.05, 4.69) is 10.6 Å². The second kappa shape index (κ2) is 9.55. The standard InChI is InChI=1S/C21H23N3O4/c25-19(20(26)23-17-7-3-1-4-8-17)22-15-16-11-13-24(14-12-16)21(27)28-18-9-5-2-6-10-18/h1-10,16H,11-15H2,(H,22,25)(H,23,26). The molecule has 1 saturated heterocycles. The first kappa shape index (κ1) is 19.4. The number of nitrogens with one attached hydrogen (secondary N) is 2. The van der Waals surface area contributed by atoms with Crippen molar-refractivity contribution in [1.29, 1.82) is 0 Å². The number of rotatable bonds is 4. The van der Waals surface area contributed by atoms with E-state index in [1.165, 1.54) is 0 Å². The summed E-state index contributed by atoms with van der Waals surface area (Å²) in [5, 5.41) is 5.22. The van der Waals surface area contributed by atoms with Gasteiger partial charge >= 0.3 is 17.9 Å². The molecule has 3 amide bonds. The number of benzene rings is 2. The number of piperidine rings is 1. The molecule has 2 aromatic rings. The Bertz CT molecular complexity index is 803. The summed E-state index contributed by atoms with van der Waals surface area (Å²) in [6, 6.07) is 17.8. The van der Waals surface area contributed by atoms with E-state index in [0.717, 1.165) is 12.8 Å². The van der Waals surface area contributed by atoms with Crippen molar-refractivity contribution in [3.05, 3.63) is 60.7 Å². The van der Waals surface area contributed by atoms with Gasteiger partial charge in [-0.25, -0.2) is 4.79 Å². The van der Waals surface area contributed by atoms with Gasteiger partial charge in [-0.15, -0.1) is 0 Å². The molecule has 3 rings (SSSR count). The van der Waals surface area contributed by atoms with E-state index in [-0.39, 0.29) is 12.0 Å². The highest BCUT2D eigenvalue weighted by molar-refractivity contribution is 6.39. The summed E-state index contributed by atoms with van der Waals surface area (Å²) in [6.07, 6.45) is 1.12. The maximum absolute atomic E-state index is 12.2. The van der Waals surface area contributed by atoms with Crippen molar-refractivity contribution in [2.24, 2.45) is 5.92 Å². The molecule has 1 fully saturated rings. The fraction of sp³-hybridized carbons (Fsp3) is 0.286. The summed E-state index contributed by atoms with van der Waals surface area (Å²) < 4.78 is 5.34. The van der Waals surface area contributed by atoms with Crippen molar-refractivity contribution in [2.75, 3.05) is 25.0 Å². The Morgan fingerprint density at radius 1 is 0.893 bits per heavy atom. The van der Waals surface area contributed by atoms with Crippen molar-refractivity contribution in [2.45, 2.75) is 12.8 Å². The number of carbonyl (C=O) groups is 3. The topological polar surface area (TPSA) is 87.7 Å². The minimum absolute atomic E-state index is 0.217. The molecule has 1 aliphatic rings. The van der Waals surface area contributed by atoms with Gasteiger partial charge in [0.05, 0.1) is 0 Å². The first-order chi connectivity index (χ1) is 13.6. The molecule has 7 heteroatoms. The highest BCUT2D eigenvalue weighted by atomic mass is 16.6. The molecule has 7 nitrogen and oxygen atoms in total. The minimum Gasteiger partial charge on any atom is -0.410 e. The van der Waals surface area contributed by atoms with E-state index < -0.39 is 11.8 Å². The third kappa shape index (κ3) is 5.57. The quantitative estimate of drug-likeness (QED) is 0.797. The number of hydrogen-bond acceptors (Lipinski definition) is 4. The molecular weight excluding hydrogens is 358 g/mol. The van der Waals surface area contributed by atoms with Crippen molar-refractivity contribution < 1.29 is 19.1 Å². The predicted molar refractivity (Wildman–Crippen MR) is 105 cm³/mol. The van der Waals surface area contributed by atoms with E-state index in [0.29, 0.717) is 31.1 Å². The molecular formula is C21H23N3O4. The van der Waals surface area contributed by atoms with Gasteiger partial charge < -0.3 is 20.3 Å². The molecule has 0 spiro atoms. The van der Waals surface area contributed by atoms with Crippen LogP contribution in [0.4, 0.5) is 10.5 Å². The van der Waals surface area contributed by atoms with Crippen LogP contribution in [0.3, 0.4) is 0 Å². The maximum atomic E-state index is 12.2. The van der Waals surface area contributed by atoms with Crippen LogP contribution in [0, 0.1) is 5.92 Å². The number of hydrogen-bond donors (Lipinski definition) is 2. The largest absolute Gasteiger partial charge is 0.415 e. The number of anilines is 1. The van der Waals surface area contributed by atoms with Gasteiger partial charge in [-0.05, 0) is 43.0 Å². The molecule has 2 N–H and O–H groups in total. The normalized spacial score (nSPS) is 14.2. The molecule has 28 heavy (non-hydrogen) atoms. The van der Waals surface area contributed by atoms with Crippen LogP contribution in [-0.2, 0) is 9.59 Å². The Morgan fingerprint density at radius 2 is 1.50 bits per heavy atom. The number of nitrogens with zero attached hydrogens (tertiary/aromatic N) is 1. The van der Waals surface area contributed by atoms with Crippen LogP contribution >= 0.6 is 0 Å². The lowest BCUT2D eigenvalue weighted by Gasteiger charge is -2.31. The zero-order chi connectivity index (χ0) is 19.8. The zero-order valence-corrected chi connectivity index (χ0v) is 15.5. The highest BCUT2D eigenvalue weighted by Gasteiger charge is 2.25. The molecule has 146 valence electrons. The number of amides is 3. The molecule has 1 heterocycles. The Morgan fingerprint density at radius 3 is 2.14 bits per heavy atom. The van der Waals surface area contributed by atoms with E-state index >= 15 is 0 Å². The van der Waals surface area contributed by atoms with Gasteiger partial charge in [-0.3, -0.25) is 9.59 Å². The molecule has 0 atom stereocenters. The molecule has 0 radical (unpaired) electrons. The predicted octanol–water partition coefficient (Wildman–Crippen LogP) is 2.65. The van der Waals surface area contributed by atoms with Crippen LogP contribution in [0.2, 0.25) is 0 Å². The van der Waals surface area contributed by atoms with Crippen molar-refractivity contribution in [3.8, 4) is 5.75 Å². The third-order valence-electron chi connectivity index (χ3n) is 4.61. The second-order valence-electron chi connectivity index (χ2n) is 6.64. The van der Waals surface area contributed by atoms with Crippen LogP contribution < -0.4 is 15.4 Å². The van der Waals surface area contributed by atoms with Crippen LogP contribution in [0.1, 0.15) is 12.8 Å². The summed E-state index contributed by atoms with van der Waals surface area (Å²) in [5.41, 5.74) is 0.577. The molecule has 0 bridgehead atoms. The summed E-state index contributed by atoms with van der Waals surface area (Å²) in [4.78, 5) is 37.7. The monoisotopic (exact) mass is 381 g/mol. The Hall–Kier alpha value is -3.35. The molecule has 0 saturated carbocycles. The Kier molecular flexibility index (Phi) is 6.62. The van der Waals surface area contributed by atoms with Crippen LogP contribution in [0.15, 0.2) is 60.7 Å². The van der Waals surface area contributed by atoms with E-state index in [4.69, 9.17) is 4.74 Å². The number of likely N-dealkylation sites (tertiary alicyclic amines) is 1. The van der Waals surface area contributed by atoms with Gasteiger partial charge in [0.1, 0.15) is 5.75 Å². The number of para-hydroxylation sites is 2. The van der Waals surface area contributed by atoms with E-state index in [9.17, 15) is 14.4 Å². The molecule has 2 aromatic carbocycles. The Labute approximate surface area is 163 Å². The second-order valence-corrected chi connectivity index (χ2v) is 6.64. The average Bonchev–Trinajstić information content (AvgIpc) is 2.73. The fourth-order valence-electron chi connectivity index (χ4n) is 3.00. The third-order valence-corrected chi connectivity index (χ3v) is 4.61. The van der Waals surface area contributed by atoms with Gasteiger partial charge in [0, 0.05) is 25.3 Å². The van der Waals surface area contributed by atoms with Gasteiger partial charge in [-0.1, -0.05) is 36.4 Å². The smallest absolute Gasteiger partial charge is 0.410 e. The number of carbonyl (C=O) groups excluding carboxylic acids is 3. The van der Waals surface area contributed by atoms with Crippen LogP contribution in [0.5, 0.6) is 5.75 Å². The summed E-state index contributed by atoms with van der Waals surface area (Å²) in [6.45, 7) is 1.52. The summed E-state index contributed by atoms with van der Waals surface area (Å²) in [7, 11) is 0. The number of ether oxygens (including phenoxy) is 1. The van der Waals surface area contributed by atoms with Crippen molar-refractivity contribution in [1.82, 2.24) is 10.2 Å². The van der Waals surface area contributed by atoms with Crippen LogP contribution in [0.25, 0.3) is 0 Å². The van der Waals surface area contributed by atoms with Crippen molar-refractivity contribution >= 4 is 23.6 Å². The first-order valence-electron chi connectivity index (χ1n) is 9.28. The van der Waals surface area contributed by atoms with Crippen LogP contribution in [-0.4, -0.2) is 42.4 Å². The summed E-state index contributed by atoms with van der Waals surface area (Å²) in [5.74, 6) is -0.606. The SMILES string of the molecule is O=C(NCC1CCN(C(=O)Oc2ccccc2)CC1)C(=O)Nc1ccccc1. The fourth-order valence-corrected chi connectivity index (χ4v) is 3.00. The Balaban J connectivity index is 1.37. The average molecular weight is 381 g/mol. The van der Waals surface area contributed by atoms with E-state index in [1.54, 1.807) is 41.3 Å². The highest BCUT2D eigenvalue weighted by Crippen LogP contribution is 2.18. The molecule has 0 aromatic heterocycles. The van der Waals surface area contributed by atoms with Gasteiger partial charge in [-0.2, -0.15) is 0 Å². The zero-order valence-electron chi connectivity index (χ0n) is 15.5. The molecule has 1 aliphatic heterocycles. The van der Waals surface area contributed by atoms with Gasteiger partial charge in [0.25, 0.3) is 0 Å². The maximum Gasteiger partial charge on any atom is 0.415 e. The van der Waals surface area contributed by atoms with Gasteiger partial charge in [0.2, 0.25) is 0 Å². The van der Waals surface area contributed by atoms with Gasteiger partial charge in [0.15, 0.2) is 0 Å². The lowest BCUT2D eigenvalue weighted by molar-refractivity contribution is -0.136. The summed E-state index contributed by atoms with van der Waals surface area (Å²) >= 11 is 0. The van der Waals surface area contributed by atoms with E-state index in [1.807, 2.05) is 24.3 Å². The molecule has 0 unspecified atom stereocenters. The lowest BCUT2D eigenvalue weighted by atomic mass is 9.97. The lowest BCUT2D eigenvalue weighted by Crippen LogP contribution is -2.44. The molecule has 0 aliphatic carbocycles.